The van der Waals surface area contributed by atoms with Crippen LogP contribution in [0.3, 0.4) is 0 Å². The molecule has 1 N–H and O–H groups in total. The SMILES string of the molecule is CCOc1ccc(N(CC(=O)N(Cc2ccc(Cl)c(Cl)c2)[C@@H](C)C(=O)NC2CCCCC2)S(=O)(=O)c2ccc(OC)c(OC)c2)cc1. The summed E-state index contributed by atoms with van der Waals surface area (Å²) in [6.07, 6.45) is 4.91. The molecule has 10 nitrogen and oxygen atoms in total. The highest BCUT2D eigenvalue weighted by Crippen LogP contribution is 2.33. The molecule has 0 saturated heterocycles. The smallest absolute Gasteiger partial charge is 0.264 e. The van der Waals surface area contributed by atoms with Crippen LogP contribution in [0, 0.1) is 0 Å². The molecule has 1 saturated carbocycles. The van der Waals surface area contributed by atoms with Gasteiger partial charge in [-0.05, 0) is 80.8 Å². The number of nitrogens with zero attached hydrogens (tertiary/aromatic N) is 2. The Balaban J connectivity index is 1.73. The van der Waals surface area contributed by atoms with Crippen molar-refractivity contribution in [3.05, 3.63) is 76.3 Å². The first-order chi connectivity index (χ1) is 22.5. The molecule has 3 aromatic rings. The normalized spacial score (nSPS) is 14.2. The second-order valence-corrected chi connectivity index (χ2v) is 13.9. The lowest BCUT2D eigenvalue weighted by Crippen LogP contribution is -2.53. The number of nitrogens with one attached hydrogen (secondary N) is 1. The van der Waals surface area contributed by atoms with Crippen molar-refractivity contribution in [1.82, 2.24) is 10.2 Å². The summed E-state index contributed by atoms with van der Waals surface area (Å²) in [7, 11) is -1.49. The van der Waals surface area contributed by atoms with Crippen molar-refractivity contribution >= 4 is 50.7 Å². The van der Waals surface area contributed by atoms with E-state index in [1.165, 1.54) is 37.3 Å². The fraction of sp³-hybridized carbons (Fsp3) is 0.412. The van der Waals surface area contributed by atoms with Crippen LogP contribution in [-0.4, -0.2) is 64.6 Å². The Morgan fingerprint density at radius 2 is 1.60 bits per heavy atom. The second-order valence-electron chi connectivity index (χ2n) is 11.2. The van der Waals surface area contributed by atoms with Gasteiger partial charge in [-0.25, -0.2) is 8.42 Å². The maximum atomic E-state index is 14.3. The Labute approximate surface area is 286 Å². The van der Waals surface area contributed by atoms with Crippen molar-refractivity contribution in [2.24, 2.45) is 0 Å². The summed E-state index contributed by atoms with van der Waals surface area (Å²) in [5.41, 5.74) is 0.853. The topological polar surface area (TPSA) is 114 Å². The molecule has 0 bridgehead atoms. The van der Waals surface area contributed by atoms with E-state index < -0.39 is 28.5 Å². The van der Waals surface area contributed by atoms with Gasteiger partial charge in [-0.1, -0.05) is 48.5 Å². The maximum absolute atomic E-state index is 14.3. The van der Waals surface area contributed by atoms with Crippen LogP contribution in [0.1, 0.15) is 51.5 Å². The molecular formula is C34H41Cl2N3O7S. The predicted octanol–water partition coefficient (Wildman–Crippen LogP) is 6.47. The molecule has 1 aliphatic carbocycles. The molecular weight excluding hydrogens is 665 g/mol. The highest BCUT2D eigenvalue weighted by Gasteiger charge is 2.34. The molecule has 47 heavy (non-hydrogen) atoms. The van der Waals surface area contributed by atoms with Gasteiger partial charge in [0.15, 0.2) is 11.5 Å². The molecule has 0 unspecified atom stereocenters. The fourth-order valence-corrected chi connectivity index (χ4v) is 7.25. The molecule has 254 valence electrons. The van der Waals surface area contributed by atoms with E-state index in [1.54, 1.807) is 49.4 Å². The molecule has 1 atom stereocenters. The summed E-state index contributed by atoms with van der Waals surface area (Å²) >= 11 is 12.4. The highest BCUT2D eigenvalue weighted by molar-refractivity contribution is 7.92. The molecule has 1 aliphatic rings. The number of rotatable bonds is 14. The minimum atomic E-state index is -4.35. The Morgan fingerprint density at radius 1 is 0.915 bits per heavy atom. The van der Waals surface area contributed by atoms with Crippen molar-refractivity contribution in [1.29, 1.82) is 0 Å². The lowest BCUT2D eigenvalue weighted by Gasteiger charge is -2.33. The van der Waals surface area contributed by atoms with Crippen molar-refractivity contribution in [2.75, 3.05) is 31.7 Å². The van der Waals surface area contributed by atoms with E-state index in [2.05, 4.69) is 5.32 Å². The van der Waals surface area contributed by atoms with E-state index in [1.807, 2.05) is 6.92 Å². The van der Waals surface area contributed by atoms with Crippen molar-refractivity contribution in [2.45, 2.75) is 69.5 Å². The number of halogens is 2. The Bertz CT molecular complexity index is 1650. The molecule has 3 aromatic carbocycles. The monoisotopic (exact) mass is 705 g/mol. The summed E-state index contributed by atoms with van der Waals surface area (Å²) in [6, 6.07) is 14.7. The summed E-state index contributed by atoms with van der Waals surface area (Å²) < 4.78 is 45.8. The van der Waals surface area contributed by atoms with Crippen LogP contribution in [-0.2, 0) is 26.2 Å². The summed E-state index contributed by atoms with van der Waals surface area (Å²) in [6.45, 7) is 3.29. The standard InChI is InChI=1S/C34H41Cl2N3O7S/c1-5-46-27-14-12-26(13-15-27)39(47(42,43)28-16-18-31(44-3)32(20-28)45-4)22-33(40)38(21-24-11-17-29(35)30(36)19-24)23(2)34(41)37-25-9-7-6-8-10-25/h11-20,23,25H,5-10,21-22H2,1-4H3,(H,37,41)/t23-/m0/s1. The second kappa shape index (κ2) is 16.4. The van der Waals surface area contributed by atoms with Gasteiger partial charge < -0.3 is 24.4 Å². The Morgan fingerprint density at radius 3 is 2.21 bits per heavy atom. The number of ether oxygens (including phenoxy) is 3. The van der Waals surface area contributed by atoms with Gasteiger partial charge in [0.25, 0.3) is 10.0 Å². The zero-order valence-electron chi connectivity index (χ0n) is 27.0. The number of methoxy groups -OCH3 is 2. The van der Waals surface area contributed by atoms with Gasteiger partial charge in [0.05, 0.1) is 41.5 Å². The number of hydrogen-bond donors (Lipinski definition) is 1. The van der Waals surface area contributed by atoms with Gasteiger partial charge in [-0.3, -0.25) is 13.9 Å². The van der Waals surface area contributed by atoms with Gasteiger partial charge in [-0.2, -0.15) is 0 Å². The van der Waals surface area contributed by atoms with E-state index >= 15 is 0 Å². The highest BCUT2D eigenvalue weighted by atomic mass is 35.5. The van der Waals surface area contributed by atoms with Crippen LogP contribution in [0.2, 0.25) is 10.0 Å². The van der Waals surface area contributed by atoms with E-state index in [4.69, 9.17) is 37.4 Å². The van der Waals surface area contributed by atoms with Crippen LogP contribution in [0.4, 0.5) is 5.69 Å². The third kappa shape index (κ3) is 9.03. The number of amides is 2. The zero-order chi connectivity index (χ0) is 34.1. The average molecular weight is 707 g/mol. The van der Waals surface area contributed by atoms with Gasteiger partial charge in [0.1, 0.15) is 18.3 Å². The number of benzene rings is 3. The molecule has 0 radical (unpaired) electrons. The van der Waals surface area contributed by atoms with E-state index in [9.17, 15) is 18.0 Å². The first-order valence-corrected chi connectivity index (χ1v) is 17.7. The largest absolute Gasteiger partial charge is 0.494 e. The zero-order valence-corrected chi connectivity index (χ0v) is 29.3. The number of anilines is 1. The average Bonchev–Trinajstić information content (AvgIpc) is 3.07. The van der Waals surface area contributed by atoms with Crippen LogP contribution < -0.4 is 23.8 Å². The first kappa shape index (κ1) is 36.2. The van der Waals surface area contributed by atoms with Crippen LogP contribution in [0.25, 0.3) is 0 Å². The Hall–Kier alpha value is -3.67. The maximum Gasteiger partial charge on any atom is 0.264 e. The van der Waals surface area contributed by atoms with Crippen molar-refractivity contribution in [3.8, 4) is 17.2 Å². The van der Waals surface area contributed by atoms with E-state index in [-0.39, 0.29) is 34.8 Å². The summed E-state index contributed by atoms with van der Waals surface area (Å²) in [5, 5.41) is 3.73. The van der Waals surface area contributed by atoms with Crippen LogP contribution in [0.5, 0.6) is 17.2 Å². The number of carbonyl (C=O) groups is 2. The molecule has 13 heteroatoms. The molecule has 4 rings (SSSR count). The van der Waals surface area contributed by atoms with Gasteiger partial charge in [-0.15, -0.1) is 0 Å². The predicted molar refractivity (Wildman–Crippen MR) is 183 cm³/mol. The third-order valence-electron chi connectivity index (χ3n) is 8.11. The number of carbonyl (C=O) groups excluding carboxylic acids is 2. The quantitative estimate of drug-likeness (QED) is 0.204. The third-order valence-corrected chi connectivity index (χ3v) is 10.6. The minimum absolute atomic E-state index is 0.0114. The lowest BCUT2D eigenvalue weighted by molar-refractivity contribution is -0.139. The van der Waals surface area contributed by atoms with Crippen molar-refractivity contribution < 1.29 is 32.2 Å². The molecule has 0 aliphatic heterocycles. The molecule has 0 aromatic heterocycles. The minimum Gasteiger partial charge on any atom is -0.494 e. The van der Waals surface area contributed by atoms with Gasteiger partial charge in [0, 0.05) is 18.7 Å². The molecule has 0 heterocycles. The number of hydrogen-bond acceptors (Lipinski definition) is 7. The fourth-order valence-electron chi connectivity index (χ4n) is 5.49. The van der Waals surface area contributed by atoms with Gasteiger partial charge in [0.2, 0.25) is 11.8 Å². The molecule has 0 spiro atoms. The van der Waals surface area contributed by atoms with E-state index in [0.29, 0.717) is 33.7 Å². The van der Waals surface area contributed by atoms with Crippen molar-refractivity contribution in [3.63, 3.8) is 0 Å². The lowest BCUT2D eigenvalue weighted by atomic mass is 9.95. The van der Waals surface area contributed by atoms with Crippen LogP contribution in [0.15, 0.2) is 65.6 Å². The first-order valence-electron chi connectivity index (χ1n) is 15.5. The summed E-state index contributed by atoms with van der Waals surface area (Å²) in [5.74, 6) is 0.183. The van der Waals surface area contributed by atoms with Gasteiger partial charge >= 0.3 is 0 Å². The molecule has 2 amide bonds. The summed E-state index contributed by atoms with van der Waals surface area (Å²) in [4.78, 5) is 29.1. The Kier molecular flexibility index (Phi) is 12.6. The number of sulfonamides is 1. The van der Waals surface area contributed by atoms with E-state index in [0.717, 1.165) is 36.4 Å². The molecule has 1 fully saturated rings. The van der Waals surface area contributed by atoms with Crippen LogP contribution >= 0.6 is 23.2 Å².